The van der Waals surface area contributed by atoms with Gasteiger partial charge in [0.1, 0.15) is 6.61 Å². The molecule has 1 aliphatic heterocycles. The molecular formula is C15H25F3N2O3. The van der Waals surface area contributed by atoms with E-state index in [9.17, 15) is 22.8 Å². The molecule has 0 bridgehead atoms. The molecule has 134 valence electrons. The Morgan fingerprint density at radius 3 is 2.22 bits per heavy atom. The van der Waals surface area contributed by atoms with Gasteiger partial charge in [-0.05, 0) is 12.8 Å². The van der Waals surface area contributed by atoms with Gasteiger partial charge in [0.05, 0.1) is 6.61 Å². The number of hydrogen-bond acceptors (Lipinski definition) is 3. The number of nitrogens with zero attached hydrogens (tertiary/aromatic N) is 1. The van der Waals surface area contributed by atoms with Crippen molar-refractivity contribution in [2.45, 2.75) is 39.8 Å². The number of hydrogen-bond donors (Lipinski definition) is 1. The number of ether oxygens (including phenoxy) is 1. The largest absolute Gasteiger partial charge is 0.411 e. The SMILES string of the molecule is CC(C)(C)C(=O)N1CCC(C(=O)NCCOCC(F)(F)F)CC1. The number of rotatable bonds is 5. The molecule has 0 atom stereocenters. The zero-order valence-corrected chi connectivity index (χ0v) is 13.8. The maximum atomic E-state index is 12.1. The van der Waals surface area contributed by atoms with Crippen LogP contribution in [0, 0.1) is 11.3 Å². The molecule has 0 saturated carbocycles. The van der Waals surface area contributed by atoms with E-state index >= 15 is 0 Å². The number of alkyl halides is 3. The van der Waals surface area contributed by atoms with Gasteiger partial charge < -0.3 is 15.0 Å². The first-order valence-corrected chi connectivity index (χ1v) is 7.72. The molecule has 1 saturated heterocycles. The summed E-state index contributed by atoms with van der Waals surface area (Å²) in [6.07, 6.45) is -3.22. The molecule has 0 unspecified atom stereocenters. The first-order valence-electron chi connectivity index (χ1n) is 7.72. The van der Waals surface area contributed by atoms with Crippen molar-refractivity contribution in [1.29, 1.82) is 0 Å². The summed E-state index contributed by atoms with van der Waals surface area (Å²) in [4.78, 5) is 25.8. The van der Waals surface area contributed by atoms with E-state index in [2.05, 4.69) is 10.1 Å². The molecule has 1 fully saturated rings. The van der Waals surface area contributed by atoms with Crippen molar-refractivity contribution in [3.8, 4) is 0 Å². The summed E-state index contributed by atoms with van der Waals surface area (Å²) in [6, 6.07) is 0. The minimum absolute atomic E-state index is 0.0516. The standard InChI is InChI=1S/C15H25F3N2O3/c1-14(2,3)13(22)20-7-4-11(5-8-20)12(21)19-6-9-23-10-15(16,17)18/h11H,4-10H2,1-3H3,(H,19,21). The van der Waals surface area contributed by atoms with Crippen LogP contribution in [-0.4, -0.2) is 55.7 Å². The molecule has 0 aromatic heterocycles. The van der Waals surface area contributed by atoms with E-state index in [1.807, 2.05) is 20.8 Å². The Kier molecular flexibility index (Phi) is 6.85. The molecule has 0 aliphatic carbocycles. The molecule has 0 spiro atoms. The second kappa shape index (κ2) is 7.99. The normalized spacial score (nSPS) is 17.2. The molecule has 0 aromatic carbocycles. The topological polar surface area (TPSA) is 58.6 Å². The monoisotopic (exact) mass is 338 g/mol. The van der Waals surface area contributed by atoms with Crippen LogP contribution in [0.3, 0.4) is 0 Å². The molecule has 23 heavy (non-hydrogen) atoms. The highest BCUT2D eigenvalue weighted by Gasteiger charge is 2.32. The summed E-state index contributed by atoms with van der Waals surface area (Å²) in [5, 5.41) is 2.58. The van der Waals surface area contributed by atoms with Gasteiger partial charge in [-0.3, -0.25) is 9.59 Å². The van der Waals surface area contributed by atoms with Crippen LogP contribution in [0.2, 0.25) is 0 Å². The third kappa shape index (κ3) is 7.20. The lowest BCUT2D eigenvalue weighted by atomic mass is 9.91. The zero-order valence-electron chi connectivity index (χ0n) is 13.8. The van der Waals surface area contributed by atoms with Gasteiger partial charge in [-0.15, -0.1) is 0 Å². The summed E-state index contributed by atoms with van der Waals surface area (Å²) in [5.74, 6) is -0.331. The first-order chi connectivity index (χ1) is 10.5. The summed E-state index contributed by atoms with van der Waals surface area (Å²) in [6.45, 7) is 5.19. The van der Waals surface area contributed by atoms with Crippen molar-refractivity contribution in [3.05, 3.63) is 0 Å². The van der Waals surface area contributed by atoms with Gasteiger partial charge in [0.2, 0.25) is 11.8 Å². The van der Waals surface area contributed by atoms with Gasteiger partial charge in [-0.25, -0.2) is 0 Å². The predicted octanol–water partition coefficient (Wildman–Crippen LogP) is 1.97. The minimum Gasteiger partial charge on any atom is -0.370 e. The first kappa shape index (κ1) is 19.7. The lowest BCUT2D eigenvalue weighted by Gasteiger charge is -2.35. The van der Waals surface area contributed by atoms with Crippen LogP contribution in [0.4, 0.5) is 13.2 Å². The average Bonchev–Trinajstić information content (AvgIpc) is 2.44. The number of piperidine rings is 1. The fourth-order valence-electron chi connectivity index (χ4n) is 2.40. The van der Waals surface area contributed by atoms with Gasteiger partial charge in [0.25, 0.3) is 0 Å². The van der Waals surface area contributed by atoms with Crippen molar-refractivity contribution < 1.29 is 27.5 Å². The van der Waals surface area contributed by atoms with Crippen LogP contribution in [0.1, 0.15) is 33.6 Å². The molecule has 1 heterocycles. The fraction of sp³-hybridized carbons (Fsp3) is 0.867. The Labute approximate surface area is 134 Å². The molecule has 0 radical (unpaired) electrons. The maximum absolute atomic E-state index is 12.1. The second-order valence-electron chi connectivity index (χ2n) is 6.78. The zero-order chi connectivity index (χ0) is 17.7. The van der Waals surface area contributed by atoms with Gasteiger partial charge in [-0.2, -0.15) is 13.2 Å². The fourth-order valence-corrected chi connectivity index (χ4v) is 2.40. The van der Waals surface area contributed by atoms with E-state index in [1.165, 1.54) is 0 Å². The lowest BCUT2D eigenvalue weighted by Crippen LogP contribution is -2.46. The quantitative estimate of drug-likeness (QED) is 0.780. The van der Waals surface area contributed by atoms with E-state index in [1.54, 1.807) is 4.90 Å². The molecular weight excluding hydrogens is 313 g/mol. The smallest absolute Gasteiger partial charge is 0.370 e. The van der Waals surface area contributed by atoms with E-state index in [-0.39, 0.29) is 30.9 Å². The third-order valence-electron chi connectivity index (χ3n) is 3.61. The Morgan fingerprint density at radius 1 is 1.17 bits per heavy atom. The van der Waals surface area contributed by atoms with E-state index < -0.39 is 18.2 Å². The summed E-state index contributed by atoms with van der Waals surface area (Å²) in [5.41, 5.74) is -0.440. The number of nitrogens with one attached hydrogen (secondary N) is 1. The van der Waals surface area contributed by atoms with Crippen molar-refractivity contribution in [2.24, 2.45) is 11.3 Å². The predicted molar refractivity (Wildman–Crippen MR) is 78.6 cm³/mol. The highest BCUT2D eigenvalue weighted by atomic mass is 19.4. The van der Waals surface area contributed by atoms with Crippen LogP contribution in [0.5, 0.6) is 0 Å². The number of likely N-dealkylation sites (tertiary alicyclic amines) is 1. The summed E-state index contributed by atoms with van der Waals surface area (Å²) >= 11 is 0. The maximum Gasteiger partial charge on any atom is 0.411 e. The molecule has 2 amide bonds. The number of carbonyl (C=O) groups is 2. The van der Waals surface area contributed by atoms with Crippen molar-refractivity contribution >= 4 is 11.8 Å². The third-order valence-corrected chi connectivity index (χ3v) is 3.61. The molecule has 8 heteroatoms. The lowest BCUT2D eigenvalue weighted by molar-refractivity contribution is -0.173. The van der Waals surface area contributed by atoms with E-state index in [0.717, 1.165) is 0 Å². The van der Waals surface area contributed by atoms with Crippen LogP contribution >= 0.6 is 0 Å². The van der Waals surface area contributed by atoms with Crippen molar-refractivity contribution in [2.75, 3.05) is 32.8 Å². The Bertz CT molecular complexity index is 411. The average molecular weight is 338 g/mol. The number of halogens is 3. The van der Waals surface area contributed by atoms with E-state index in [0.29, 0.717) is 25.9 Å². The Hall–Kier alpha value is -1.31. The van der Waals surface area contributed by atoms with Crippen molar-refractivity contribution in [3.63, 3.8) is 0 Å². The van der Waals surface area contributed by atoms with E-state index in [4.69, 9.17) is 0 Å². The van der Waals surface area contributed by atoms with Gasteiger partial charge >= 0.3 is 6.18 Å². The van der Waals surface area contributed by atoms with Crippen LogP contribution < -0.4 is 5.32 Å². The van der Waals surface area contributed by atoms with Crippen molar-refractivity contribution in [1.82, 2.24) is 10.2 Å². The molecule has 0 aromatic rings. The highest BCUT2D eigenvalue weighted by molar-refractivity contribution is 5.82. The summed E-state index contributed by atoms with van der Waals surface area (Å²) < 4.78 is 40.0. The Balaban J connectivity index is 2.24. The van der Waals surface area contributed by atoms with Crippen LogP contribution in [-0.2, 0) is 14.3 Å². The van der Waals surface area contributed by atoms with Gasteiger partial charge in [-0.1, -0.05) is 20.8 Å². The number of amides is 2. The molecule has 1 N–H and O–H groups in total. The minimum atomic E-state index is -4.35. The highest BCUT2D eigenvalue weighted by Crippen LogP contribution is 2.23. The molecule has 1 aliphatic rings. The molecule has 5 nitrogen and oxygen atoms in total. The summed E-state index contributed by atoms with van der Waals surface area (Å²) in [7, 11) is 0. The second-order valence-corrected chi connectivity index (χ2v) is 6.78. The number of carbonyl (C=O) groups excluding carboxylic acids is 2. The van der Waals surface area contributed by atoms with Crippen LogP contribution in [0.15, 0.2) is 0 Å². The van der Waals surface area contributed by atoms with Gasteiger partial charge in [0, 0.05) is 31.0 Å². The Morgan fingerprint density at radius 2 is 1.74 bits per heavy atom. The van der Waals surface area contributed by atoms with Crippen LogP contribution in [0.25, 0.3) is 0 Å². The van der Waals surface area contributed by atoms with Gasteiger partial charge in [0.15, 0.2) is 0 Å². The molecule has 1 rings (SSSR count).